The molecule has 1 aliphatic rings. The lowest BCUT2D eigenvalue weighted by Gasteiger charge is -2.31. The average molecular weight is 387 g/mol. The van der Waals surface area contributed by atoms with E-state index in [9.17, 15) is 14.0 Å². The Morgan fingerprint density at radius 3 is 2.54 bits per heavy atom. The van der Waals surface area contributed by atoms with Crippen LogP contribution in [0.4, 0.5) is 10.1 Å². The van der Waals surface area contributed by atoms with Crippen LogP contribution < -0.4 is 10.6 Å². The first-order valence-electron chi connectivity index (χ1n) is 9.47. The number of aryl methyl sites for hydroxylation is 1. The number of carbonyl (C=O) groups excluding carboxylic acids is 2. The molecule has 8 heteroatoms. The molecule has 1 fully saturated rings. The minimum atomic E-state index is -0.326. The van der Waals surface area contributed by atoms with Crippen LogP contribution in [0, 0.1) is 11.7 Å². The largest absolute Gasteiger partial charge is 0.355 e. The molecule has 150 valence electrons. The molecular weight excluding hydrogens is 361 g/mol. The van der Waals surface area contributed by atoms with Gasteiger partial charge in [-0.3, -0.25) is 19.2 Å². The third-order valence-electron chi connectivity index (χ3n) is 5.06. The second-order valence-corrected chi connectivity index (χ2v) is 7.22. The maximum atomic E-state index is 12.9. The van der Waals surface area contributed by atoms with Crippen LogP contribution in [-0.2, 0) is 18.3 Å². The molecule has 0 spiro atoms. The van der Waals surface area contributed by atoms with E-state index in [2.05, 4.69) is 20.6 Å². The van der Waals surface area contributed by atoms with Crippen LogP contribution in [-0.4, -0.2) is 53.2 Å². The van der Waals surface area contributed by atoms with Gasteiger partial charge in [0.25, 0.3) is 5.91 Å². The normalized spacial score (nSPS) is 15.4. The van der Waals surface area contributed by atoms with Gasteiger partial charge in [0.1, 0.15) is 5.82 Å². The molecule has 3 rings (SSSR count). The summed E-state index contributed by atoms with van der Waals surface area (Å²) in [4.78, 5) is 26.3. The van der Waals surface area contributed by atoms with Gasteiger partial charge in [0, 0.05) is 26.0 Å². The van der Waals surface area contributed by atoms with E-state index < -0.39 is 0 Å². The molecule has 1 aliphatic heterocycles. The number of halogens is 1. The van der Waals surface area contributed by atoms with Crippen LogP contribution in [0.1, 0.15) is 28.9 Å². The van der Waals surface area contributed by atoms with Crippen LogP contribution in [0.5, 0.6) is 0 Å². The monoisotopic (exact) mass is 387 g/mol. The Balaban J connectivity index is 1.47. The summed E-state index contributed by atoms with van der Waals surface area (Å²) in [6.45, 7) is 1.96. The molecule has 1 aromatic carbocycles. The number of nitrogens with zero attached hydrogens (tertiary/aromatic N) is 3. The minimum absolute atomic E-state index is 0.100. The second kappa shape index (κ2) is 8.97. The van der Waals surface area contributed by atoms with Gasteiger partial charge in [-0.15, -0.1) is 0 Å². The molecule has 0 aliphatic carbocycles. The summed E-state index contributed by atoms with van der Waals surface area (Å²) >= 11 is 0. The molecule has 7 nitrogen and oxygen atoms in total. The van der Waals surface area contributed by atoms with Crippen LogP contribution in [0.15, 0.2) is 30.5 Å². The smallest absolute Gasteiger partial charge is 0.254 e. The molecule has 0 atom stereocenters. The zero-order valence-corrected chi connectivity index (χ0v) is 16.2. The number of hydrogen-bond acceptors (Lipinski definition) is 4. The van der Waals surface area contributed by atoms with Crippen LogP contribution >= 0.6 is 0 Å². The molecule has 2 aromatic rings. The Morgan fingerprint density at radius 1 is 1.21 bits per heavy atom. The molecule has 1 saturated heterocycles. The number of rotatable bonds is 6. The third-order valence-corrected chi connectivity index (χ3v) is 5.06. The van der Waals surface area contributed by atoms with Gasteiger partial charge in [-0.05, 0) is 62.5 Å². The molecule has 2 N–H and O–H groups in total. The Morgan fingerprint density at radius 2 is 1.89 bits per heavy atom. The lowest BCUT2D eigenvalue weighted by atomic mass is 9.91. The van der Waals surface area contributed by atoms with E-state index in [4.69, 9.17) is 0 Å². The Hall–Kier alpha value is -2.74. The SMILES string of the molecule is CNC(=O)c1cn(C)nc1CC1CCN(CC(=O)Nc2ccc(F)cc2)CC1. The van der Waals surface area contributed by atoms with Crippen molar-refractivity contribution in [2.75, 3.05) is 32.0 Å². The van der Waals surface area contributed by atoms with Gasteiger partial charge in [0.15, 0.2) is 0 Å². The number of amides is 2. The van der Waals surface area contributed by atoms with Crippen LogP contribution in [0.3, 0.4) is 0 Å². The van der Waals surface area contributed by atoms with Crippen molar-refractivity contribution < 1.29 is 14.0 Å². The van der Waals surface area contributed by atoms with Crippen molar-refractivity contribution >= 4 is 17.5 Å². The first kappa shape index (κ1) is 20.0. The fraction of sp³-hybridized carbons (Fsp3) is 0.450. The van der Waals surface area contributed by atoms with Crippen molar-refractivity contribution in [3.8, 4) is 0 Å². The number of piperidine rings is 1. The molecule has 28 heavy (non-hydrogen) atoms. The molecule has 0 unspecified atom stereocenters. The highest BCUT2D eigenvalue weighted by molar-refractivity contribution is 5.95. The number of aromatic nitrogens is 2. The van der Waals surface area contributed by atoms with Gasteiger partial charge < -0.3 is 10.6 Å². The molecule has 2 heterocycles. The van der Waals surface area contributed by atoms with E-state index in [0.717, 1.165) is 38.0 Å². The zero-order valence-electron chi connectivity index (χ0n) is 16.2. The lowest BCUT2D eigenvalue weighted by molar-refractivity contribution is -0.117. The highest BCUT2D eigenvalue weighted by Gasteiger charge is 2.24. The standard InChI is InChI=1S/C20H26FN5O2/c1-22-20(28)17-12-25(2)24-18(17)11-14-7-9-26(10-8-14)13-19(27)23-16-5-3-15(21)4-6-16/h3-6,12,14H,7-11,13H2,1-2H3,(H,22,28)(H,23,27). The van der Waals surface area contributed by atoms with E-state index >= 15 is 0 Å². The molecule has 1 aromatic heterocycles. The van der Waals surface area contributed by atoms with E-state index in [1.165, 1.54) is 12.1 Å². The molecule has 2 amide bonds. The van der Waals surface area contributed by atoms with Gasteiger partial charge in [0.2, 0.25) is 5.91 Å². The zero-order chi connectivity index (χ0) is 20.1. The van der Waals surface area contributed by atoms with Crippen molar-refractivity contribution in [2.45, 2.75) is 19.3 Å². The van der Waals surface area contributed by atoms with E-state index in [1.54, 1.807) is 30.1 Å². The van der Waals surface area contributed by atoms with E-state index in [0.29, 0.717) is 23.7 Å². The first-order valence-corrected chi connectivity index (χ1v) is 9.47. The summed E-state index contributed by atoms with van der Waals surface area (Å²) in [7, 11) is 3.44. The summed E-state index contributed by atoms with van der Waals surface area (Å²) < 4.78 is 14.6. The number of hydrogen-bond donors (Lipinski definition) is 2. The van der Waals surface area contributed by atoms with Crippen molar-refractivity contribution in [1.29, 1.82) is 0 Å². The molecule has 0 radical (unpaired) electrons. The van der Waals surface area contributed by atoms with Crippen molar-refractivity contribution in [3.05, 3.63) is 47.5 Å². The Kier molecular flexibility index (Phi) is 6.41. The number of nitrogens with one attached hydrogen (secondary N) is 2. The van der Waals surface area contributed by atoms with Gasteiger partial charge >= 0.3 is 0 Å². The van der Waals surface area contributed by atoms with E-state index in [1.807, 2.05) is 7.05 Å². The molecule has 0 bridgehead atoms. The third kappa shape index (κ3) is 5.16. The van der Waals surface area contributed by atoms with Gasteiger partial charge in [-0.2, -0.15) is 5.10 Å². The van der Waals surface area contributed by atoms with Crippen molar-refractivity contribution in [2.24, 2.45) is 13.0 Å². The summed E-state index contributed by atoms with van der Waals surface area (Å²) in [6, 6.07) is 5.75. The highest BCUT2D eigenvalue weighted by atomic mass is 19.1. The first-order chi connectivity index (χ1) is 13.4. The Labute approximate surface area is 163 Å². The number of anilines is 1. The minimum Gasteiger partial charge on any atom is -0.355 e. The molecule has 0 saturated carbocycles. The topological polar surface area (TPSA) is 79.3 Å². The van der Waals surface area contributed by atoms with Crippen LogP contribution in [0.2, 0.25) is 0 Å². The van der Waals surface area contributed by atoms with Gasteiger partial charge in [-0.25, -0.2) is 4.39 Å². The summed E-state index contributed by atoms with van der Waals surface area (Å²) in [5.74, 6) is -0.100. The predicted molar refractivity (Wildman–Crippen MR) is 104 cm³/mol. The maximum absolute atomic E-state index is 12.9. The summed E-state index contributed by atoms with van der Waals surface area (Å²) in [5, 5.41) is 9.90. The summed E-state index contributed by atoms with van der Waals surface area (Å²) in [6.07, 6.45) is 4.42. The number of carbonyl (C=O) groups is 2. The highest BCUT2D eigenvalue weighted by Crippen LogP contribution is 2.22. The van der Waals surface area contributed by atoms with Gasteiger partial charge in [0.05, 0.1) is 17.8 Å². The fourth-order valence-electron chi connectivity index (χ4n) is 3.57. The maximum Gasteiger partial charge on any atom is 0.254 e. The average Bonchev–Trinajstić information content (AvgIpc) is 3.04. The predicted octanol–water partition coefficient (Wildman–Crippen LogP) is 1.81. The quantitative estimate of drug-likeness (QED) is 0.792. The van der Waals surface area contributed by atoms with Crippen molar-refractivity contribution in [1.82, 2.24) is 20.0 Å². The second-order valence-electron chi connectivity index (χ2n) is 7.22. The Bertz CT molecular complexity index is 826. The van der Waals surface area contributed by atoms with Crippen LogP contribution in [0.25, 0.3) is 0 Å². The fourth-order valence-corrected chi connectivity index (χ4v) is 3.57. The van der Waals surface area contributed by atoms with Gasteiger partial charge in [-0.1, -0.05) is 0 Å². The number of benzene rings is 1. The number of likely N-dealkylation sites (tertiary alicyclic amines) is 1. The van der Waals surface area contributed by atoms with E-state index in [-0.39, 0.29) is 17.6 Å². The lowest BCUT2D eigenvalue weighted by Crippen LogP contribution is -2.39. The van der Waals surface area contributed by atoms with Crippen molar-refractivity contribution in [3.63, 3.8) is 0 Å². The summed E-state index contributed by atoms with van der Waals surface area (Å²) in [5.41, 5.74) is 2.05. The molecular formula is C20H26FN5O2.